The molecule has 1 heterocycles. The van der Waals surface area contributed by atoms with Crippen molar-refractivity contribution >= 4 is 27.7 Å². The molecule has 2 N–H and O–H groups in total. The van der Waals surface area contributed by atoms with Gasteiger partial charge in [0.15, 0.2) is 0 Å². The van der Waals surface area contributed by atoms with Crippen molar-refractivity contribution in [2.75, 3.05) is 31.1 Å². The number of nitrogens with zero attached hydrogens (tertiary/aromatic N) is 1. The highest BCUT2D eigenvalue weighted by molar-refractivity contribution is 9.10. The summed E-state index contributed by atoms with van der Waals surface area (Å²) in [5.41, 5.74) is 7.02. The fourth-order valence-corrected chi connectivity index (χ4v) is 3.84. The standard InChI is InChI=1S/C13H18BrFN2S/c14-12-8-10(15)2-3-11(12)13(9-16)17-4-1-6-18-7-5-17/h2-3,8,13H,1,4-7,9,16H2. The second-order valence-corrected chi connectivity index (χ2v) is 6.50. The summed E-state index contributed by atoms with van der Waals surface area (Å²) in [7, 11) is 0. The van der Waals surface area contributed by atoms with E-state index < -0.39 is 0 Å². The van der Waals surface area contributed by atoms with Crippen molar-refractivity contribution in [3.63, 3.8) is 0 Å². The van der Waals surface area contributed by atoms with Crippen molar-refractivity contribution in [3.8, 4) is 0 Å². The third kappa shape index (κ3) is 3.47. The molecule has 1 atom stereocenters. The molecule has 1 aliphatic rings. The minimum absolute atomic E-state index is 0.179. The molecule has 5 heteroatoms. The van der Waals surface area contributed by atoms with Gasteiger partial charge in [-0.15, -0.1) is 0 Å². The van der Waals surface area contributed by atoms with Crippen LogP contribution in [-0.2, 0) is 0 Å². The summed E-state index contributed by atoms with van der Waals surface area (Å²) in [6, 6.07) is 5.05. The summed E-state index contributed by atoms with van der Waals surface area (Å²) < 4.78 is 14.0. The van der Waals surface area contributed by atoms with Gasteiger partial charge in [-0.2, -0.15) is 11.8 Å². The number of benzene rings is 1. The number of hydrogen-bond acceptors (Lipinski definition) is 3. The zero-order chi connectivity index (χ0) is 13.0. The molecular weight excluding hydrogens is 315 g/mol. The molecule has 0 saturated carbocycles. The van der Waals surface area contributed by atoms with Crippen LogP contribution in [-0.4, -0.2) is 36.0 Å². The molecule has 1 saturated heterocycles. The fraction of sp³-hybridized carbons (Fsp3) is 0.538. The van der Waals surface area contributed by atoms with Crippen LogP contribution in [0.25, 0.3) is 0 Å². The third-order valence-corrected chi connectivity index (χ3v) is 4.98. The Morgan fingerprint density at radius 1 is 1.39 bits per heavy atom. The van der Waals surface area contributed by atoms with Gasteiger partial charge in [0.25, 0.3) is 0 Å². The highest BCUT2D eigenvalue weighted by Crippen LogP contribution is 2.29. The zero-order valence-electron chi connectivity index (χ0n) is 10.2. The number of hydrogen-bond donors (Lipinski definition) is 1. The van der Waals surface area contributed by atoms with Gasteiger partial charge in [-0.1, -0.05) is 22.0 Å². The number of nitrogens with two attached hydrogens (primary N) is 1. The van der Waals surface area contributed by atoms with Gasteiger partial charge in [0.1, 0.15) is 5.82 Å². The Hall–Kier alpha value is -0.100. The maximum Gasteiger partial charge on any atom is 0.124 e. The first-order valence-electron chi connectivity index (χ1n) is 6.19. The largest absolute Gasteiger partial charge is 0.329 e. The summed E-state index contributed by atoms with van der Waals surface area (Å²) in [6.45, 7) is 2.68. The van der Waals surface area contributed by atoms with Gasteiger partial charge in [0.05, 0.1) is 0 Å². The Kier molecular flexibility index (Phi) is 5.48. The average molecular weight is 333 g/mol. The fourth-order valence-electron chi connectivity index (χ4n) is 2.32. The minimum atomic E-state index is -0.215. The molecule has 0 bridgehead atoms. The van der Waals surface area contributed by atoms with Crippen LogP contribution in [0, 0.1) is 5.82 Å². The van der Waals surface area contributed by atoms with Crippen molar-refractivity contribution in [1.29, 1.82) is 0 Å². The monoisotopic (exact) mass is 332 g/mol. The van der Waals surface area contributed by atoms with Crippen LogP contribution in [0.5, 0.6) is 0 Å². The molecule has 2 rings (SSSR count). The highest BCUT2D eigenvalue weighted by Gasteiger charge is 2.22. The van der Waals surface area contributed by atoms with Crippen molar-refractivity contribution in [2.24, 2.45) is 5.73 Å². The second-order valence-electron chi connectivity index (χ2n) is 4.42. The Labute approximate surface area is 120 Å². The maximum atomic E-state index is 13.1. The van der Waals surface area contributed by atoms with E-state index in [0.29, 0.717) is 6.54 Å². The molecule has 1 aromatic rings. The van der Waals surface area contributed by atoms with E-state index in [9.17, 15) is 4.39 Å². The molecule has 1 aliphatic heterocycles. The van der Waals surface area contributed by atoms with Crippen LogP contribution in [0.3, 0.4) is 0 Å². The number of rotatable bonds is 3. The Morgan fingerprint density at radius 2 is 2.22 bits per heavy atom. The van der Waals surface area contributed by atoms with Gasteiger partial charge < -0.3 is 5.73 Å². The minimum Gasteiger partial charge on any atom is -0.329 e. The number of halogens is 2. The van der Waals surface area contributed by atoms with E-state index in [4.69, 9.17) is 5.73 Å². The molecular formula is C13H18BrFN2S. The molecule has 2 nitrogen and oxygen atoms in total. The third-order valence-electron chi connectivity index (χ3n) is 3.24. The zero-order valence-corrected chi connectivity index (χ0v) is 12.6. The Balaban J connectivity index is 2.20. The van der Waals surface area contributed by atoms with Gasteiger partial charge in [-0.05, 0) is 36.4 Å². The molecule has 100 valence electrons. The average Bonchev–Trinajstić information content (AvgIpc) is 2.62. The van der Waals surface area contributed by atoms with E-state index >= 15 is 0 Å². The molecule has 0 aliphatic carbocycles. The summed E-state index contributed by atoms with van der Waals surface area (Å²) in [5, 5.41) is 0. The maximum absolute atomic E-state index is 13.1. The van der Waals surface area contributed by atoms with Gasteiger partial charge in [-0.25, -0.2) is 4.39 Å². The first kappa shape index (κ1) is 14.3. The lowest BCUT2D eigenvalue weighted by Crippen LogP contribution is -2.35. The van der Waals surface area contributed by atoms with Crippen molar-refractivity contribution in [1.82, 2.24) is 4.90 Å². The van der Waals surface area contributed by atoms with Gasteiger partial charge >= 0.3 is 0 Å². The van der Waals surface area contributed by atoms with Gasteiger partial charge in [0.2, 0.25) is 0 Å². The predicted molar refractivity (Wildman–Crippen MR) is 79.4 cm³/mol. The molecule has 0 radical (unpaired) electrons. The van der Waals surface area contributed by atoms with Crippen molar-refractivity contribution < 1.29 is 4.39 Å². The first-order valence-corrected chi connectivity index (χ1v) is 8.14. The lowest BCUT2D eigenvalue weighted by atomic mass is 10.0. The normalized spacial score (nSPS) is 19.5. The molecule has 18 heavy (non-hydrogen) atoms. The van der Waals surface area contributed by atoms with Crippen LogP contribution in [0.1, 0.15) is 18.0 Å². The van der Waals surface area contributed by atoms with Gasteiger partial charge in [0, 0.05) is 29.4 Å². The summed E-state index contributed by atoms with van der Waals surface area (Å²) in [4.78, 5) is 2.41. The van der Waals surface area contributed by atoms with E-state index in [-0.39, 0.29) is 11.9 Å². The molecule has 1 aromatic carbocycles. The van der Waals surface area contributed by atoms with Crippen LogP contribution in [0.15, 0.2) is 22.7 Å². The SMILES string of the molecule is NCC(c1ccc(F)cc1Br)N1CCCSCC1. The van der Waals surface area contributed by atoms with E-state index in [1.54, 1.807) is 0 Å². The summed E-state index contributed by atoms with van der Waals surface area (Å²) in [5.74, 6) is 2.15. The first-order chi connectivity index (χ1) is 8.72. The summed E-state index contributed by atoms with van der Waals surface area (Å²) >= 11 is 5.44. The highest BCUT2D eigenvalue weighted by atomic mass is 79.9. The number of thioether (sulfide) groups is 1. The van der Waals surface area contributed by atoms with Gasteiger partial charge in [-0.3, -0.25) is 4.90 Å². The van der Waals surface area contributed by atoms with E-state index in [1.807, 2.05) is 17.8 Å². The van der Waals surface area contributed by atoms with Crippen molar-refractivity contribution in [3.05, 3.63) is 34.1 Å². The van der Waals surface area contributed by atoms with Crippen LogP contribution in [0.4, 0.5) is 4.39 Å². The lowest BCUT2D eigenvalue weighted by molar-refractivity contribution is 0.217. The Morgan fingerprint density at radius 3 is 2.94 bits per heavy atom. The second kappa shape index (κ2) is 6.89. The summed E-state index contributed by atoms with van der Waals surface area (Å²) in [6.07, 6.45) is 1.19. The lowest BCUT2D eigenvalue weighted by Gasteiger charge is -2.30. The van der Waals surface area contributed by atoms with E-state index in [0.717, 1.165) is 28.9 Å². The van der Waals surface area contributed by atoms with Crippen LogP contribution < -0.4 is 5.73 Å². The van der Waals surface area contributed by atoms with Crippen LogP contribution in [0.2, 0.25) is 0 Å². The molecule has 0 spiro atoms. The van der Waals surface area contributed by atoms with Crippen LogP contribution >= 0.6 is 27.7 Å². The molecule has 1 unspecified atom stereocenters. The topological polar surface area (TPSA) is 29.3 Å². The van der Waals surface area contributed by atoms with E-state index in [2.05, 4.69) is 20.8 Å². The quantitative estimate of drug-likeness (QED) is 0.922. The van der Waals surface area contributed by atoms with E-state index in [1.165, 1.54) is 24.3 Å². The van der Waals surface area contributed by atoms with Crippen molar-refractivity contribution in [2.45, 2.75) is 12.5 Å². The smallest absolute Gasteiger partial charge is 0.124 e. The molecule has 0 aromatic heterocycles. The molecule has 0 amide bonds. The molecule has 1 fully saturated rings. The Bertz CT molecular complexity index is 395. The predicted octanol–water partition coefficient (Wildman–Crippen LogP) is 3.03.